The van der Waals surface area contributed by atoms with Crippen molar-refractivity contribution in [1.82, 2.24) is 0 Å². The van der Waals surface area contributed by atoms with Gasteiger partial charge in [0.2, 0.25) is 0 Å². The number of hydrogen-bond donors (Lipinski definition) is 0. The topological polar surface area (TPSA) is 79.4 Å². The summed E-state index contributed by atoms with van der Waals surface area (Å²) in [7, 11) is 1.89. The molecule has 0 aromatic heterocycles. The minimum atomic E-state index is -0.523. The van der Waals surface area contributed by atoms with Gasteiger partial charge in [-0.1, -0.05) is 0 Å². The normalized spacial score (nSPS) is 21.9. The highest BCUT2D eigenvalue weighted by molar-refractivity contribution is 5.60. The van der Waals surface area contributed by atoms with Gasteiger partial charge in [0.1, 0.15) is 11.6 Å². The van der Waals surface area contributed by atoms with Crippen molar-refractivity contribution in [1.29, 1.82) is 5.26 Å². The lowest BCUT2D eigenvalue weighted by Crippen LogP contribution is -2.36. The second-order valence-corrected chi connectivity index (χ2v) is 4.61. The maximum Gasteiger partial charge on any atom is 0.289 e. The monoisotopic (exact) mass is 261 g/mol. The standard InChI is InChI=1S/C13H15N3O3/c1-9-12(5-6-19-9)15(2)11-4-3-10(8-14)13(7-11)16(17)18/h3-4,7,9,12H,5-6H2,1-2H3. The van der Waals surface area contributed by atoms with Gasteiger partial charge in [-0.2, -0.15) is 5.26 Å². The molecule has 6 heteroatoms. The molecule has 0 radical (unpaired) electrons. The number of nitrogens with zero attached hydrogens (tertiary/aromatic N) is 3. The molecule has 19 heavy (non-hydrogen) atoms. The van der Waals surface area contributed by atoms with Crippen LogP contribution in [0.2, 0.25) is 0 Å². The van der Waals surface area contributed by atoms with Crippen LogP contribution in [0, 0.1) is 21.4 Å². The summed E-state index contributed by atoms with van der Waals surface area (Å²) in [4.78, 5) is 12.4. The number of anilines is 1. The van der Waals surface area contributed by atoms with E-state index in [-0.39, 0.29) is 23.4 Å². The van der Waals surface area contributed by atoms with Gasteiger partial charge in [0.05, 0.1) is 17.1 Å². The molecule has 1 aliphatic rings. The zero-order valence-electron chi connectivity index (χ0n) is 10.9. The molecule has 0 N–H and O–H groups in total. The van der Waals surface area contributed by atoms with Gasteiger partial charge in [-0.05, 0) is 25.5 Å². The third-order valence-electron chi connectivity index (χ3n) is 3.54. The second-order valence-electron chi connectivity index (χ2n) is 4.61. The zero-order chi connectivity index (χ0) is 14.0. The van der Waals surface area contributed by atoms with Crippen molar-refractivity contribution >= 4 is 11.4 Å². The van der Waals surface area contributed by atoms with Gasteiger partial charge in [0.15, 0.2) is 0 Å². The van der Waals surface area contributed by atoms with E-state index in [1.807, 2.05) is 24.9 Å². The Morgan fingerprint density at radius 2 is 2.32 bits per heavy atom. The fraction of sp³-hybridized carbons (Fsp3) is 0.462. The molecule has 0 amide bonds. The Kier molecular flexibility index (Phi) is 3.67. The first kappa shape index (κ1) is 13.3. The fourth-order valence-electron chi connectivity index (χ4n) is 2.41. The SMILES string of the molecule is CC1OCCC1N(C)c1ccc(C#N)c([N+](=O)[O-])c1. The Balaban J connectivity index is 2.33. The lowest BCUT2D eigenvalue weighted by atomic mass is 10.1. The molecule has 6 nitrogen and oxygen atoms in total. The van der Waals surface area contributed by atoms with Crippen molar-refractivity contribution in [2.75, 3.05) is 18.6 Å². The van der Waals surface area contributed by atoms with Gasteiger partial charge >= 0.3 is 0 Å². The highest BCUT2D eigenvalue weighted by Crippen LogP contribution is 2.29. The average Bonchev–Trinajstić information content (AvgIpc) is 2.83. The second kappa shape index (κ2) is 5.24. The maximum atomic E-state index is 11.0. The van der Waals surface area contributed by atoms with E-state index >= 15 is 0 Å². The summed E-state index contributed by atoms with van der Waals surface area (Å²) in [5, 5.41) is 19.8. The Hall–Kier alpha value is -2.13. The first-order valence-corrected chi connectivity index (χ1v) is 6.07. The van der Waals surface area contributed by atoms with Crippen LogP contribution in [0.4, 0.5) is 11.4 Å². The van der Waals surface area contributed by atoms with Crippen LogP contribution in [0.3, 0.4) is 0 Å². The number of nitro groups is 1. The first-order chi connectivity index (χ1) is 9.04. The van der Waals surface area contributed by atoms with Crippen molar-refractivity contribution in [3.05, 3.63) is 33.9 Å². The molecule has 1 fully saturated rings. The number of nitriles is 1. The molecule has 0 spiro atoms. The predicted molar refractivity (Wildman–Crippen MR) is 70.0 cm³/mol. The summed E-state index contributed by atoms with van der Waals surface area (Å²) in [6.07, 6.45) is 0.991. The van der Waals surface area contributed by atoms with Crippen molar-refractivity contribution in [3.8, 4) is 6.07 Å². The Morgan fingerprint density at radius 3 is 2.84 bits per heavy atom. The molecule has 0 aliphatic carbocycles. The van der Waals surface area contributed by atoms with Crippen molar-refractivity contribution < 1.29 is 9.66 Å². The summed E-state index contributed by atoms with van der Waals surface area (Å²) < 4.78 is 5.50. The molecule has 1 heterocycles. The molecule has 2 atom stereocenters. The third-order valence-corrected chi connectivity index (χ3v) is 3.54. The highest BCUT2D eigenvalue weighted by atomic mass is 16.6. The van der Waals surface area contributed by atoms with Crippen LogP contribution in [-0.4, -0.2) is 30.7 Å². The number of rotatable bonds is 3. The van der Waals surface area contributed by atoms with Crippen LogP contribution in [-0.2, 0) is 4.74 Å². The smallest absolute Gasteiger partial charge is 0.289 e. The van der Waals surface area contributed by atoms with E-state index in [9.17, 15) is 10.1 Å². The van der Waals surface area contributed by atoms with Crippen molar-refractivity contribution in [3.63, 3.8) is 0 Å². The Morgan fingerprint density at radius 1 is 1.58 bits per heavy atom. The summed E-state index contributed by atoms with van der Waals surface area (Å²) in [5.74, 6) is 0. The van der Waals surface area contributed by atoms with Crippen LogP contribution in [0.15, 0.2) is 18.2 Å². The lowest BCUT2D eigenvalue weighted by molar-refractivity contribution is -0.385. The molecule has 1 aromatic rings. The summed E-state index contributed by atoms with van der Waals surface area (Å²) in [5.41, 5.74) is 0.657. The number of hydrogen-bond acceptors (Lipinski definition) is 5. The largest absolute Gasteiger partial charge is 0.376 e. The summed E-state index contributed by atoms with van der Waals surface area (Å²) in [6, 6.07) is 6.71. The number of ether oxygens (including phenoxy) is 1. The molecule has 2 unspecified atom stereocenters. The number of nitro benzene ring substituents is 1. The van der Waals surface area contributed by atoms with Crippen LogP contribution < -0.4 is 4.90 Å². The Labute approximate surface area is 111 Å². The highest BCUT2D eigenvalue weighted by Gasteiger charge is 2.29. The predicted octanol–water partition coefficient (Wildman–Crippen LogP) is 2.08. The molecule has 0 bridgehead atoms. The van der Waals surface area contributed by atoms with Gasteiger partial charge in [-0.15, -0.1) is 0 Å². The van der Waals surface area contributed by atoms with Crippen LogP contribution in [0.5, 0.6) is 0 Å². The molecular weight excluding hydrogens is 246 g/mol. The summed E-state index contributed by atoms with van der Waals surface area (Å²) in [6.45, 7) is 2.70. The number of benzene rings is 1. The lowest BCUT2D eigenvalue weighted by Gasteiger charge is -2.28. The van der Waals surface area contributed by atoms with Crippen LogP contribution >= 0.6 is 0 Å². The van der Waals surface area contributed by atoms with Crippen molar-refractivity contribution in [2.45, 2.75) is 25.5 Å². The molecule has 0 saturated carbocycles. The van der Waals surface area contributed by atoms with E-state index in [0.717, 1.165) is 12.1 Å². The van der Waals surface area contributed by atoms with Gasteiger partial charge < -0.3 is 9.64 Å². The van der Waals surface area contributed by atoms with Crippen molar-refractivity contribution in [2.24, 2.45) is 0 Å². The quantitative estimate of drug-likeness (QED) is 0.614. The Bertz CT molecular complexity index is 538. The molecular formula is C13H15N3O3. The minimum Gasteiger partial charge on any atom is -0.376 e. The molecule has 100 valence electrons. The van der Waals surface area contributed by atoms with Gasteiger partial charge in [-0.25, -0.2) is 0 Å². The van der Waals surface area contributed by atoms with Gasteiger partial charge in [-0.3, -0.25) is 10.1 Å². The van der Waals surface area contributed by atoms with Crippen LogP contribution in [0.1, 0.15) is 18.9 Å². The number of likely N-dealkylation sites (N-methyl/N-ethyl adjacent to an activating group) is 1. The van der Waals surface area contributed by atoms with E-state index < -0.39 is 4.92 Å². The molecule has 1 saturated heterocycles. The van der Waals surface area contributed by atoms with Gasteiger partial charge in [0.25, 0.3) is 5.69 Å². The maximum absolute atomic E-state index is 11.0. The summed E-state index contributed by atoms with van der Waals surface area (Å²) >= 11 is 0. The minimum absolute atomic E-state index is 0.0814. The van der Waals surface area contributed by atoms with Crippen LogP contribution in [0.25, 0.3) is 0 Å². The molecule has 1 aliphatic heterocycles. The van der Waals surface area contributed by atoms with Gasteiger partial charge in [0, 0.05) is 25.4 Å². The van der Waals surface area contributed by atoms with E-state index in [0.29, 0.717) is 6.61 Å². The van der Waals surface area contributed by atoms with E-state index in [2.05, 4.69) is 0 Å². The zero-order valence-corrected chi connectivity index (χ0v) is 10.9. The average molecular weight is 261 g/mol. The van der Waals surface area contributed by atoms with E-state index in [1.165, 1.54) is 12.1 Å². The fourth-order valence-corrected chi connectivity index (χ4v) is 2.41. The van der Waals surface area contributed by atoms with E-state index in [4.69, 9.17) is 10.00 Å². The molecule has 2 rings (SSSR count). The van der Waals surface area contributed by atoms with E-state index in [1.54, 1.807) is 6.07 Å². The molecule has 1 aromatic carbocycles. The third kappa shape index (κ3) is 2.51. The first-order valence-electron chi connectivity index (χ1n) is 6.07.